The molecule has 0 saturated carbocycles. The first-order valence-electron chi connectivity index (χ1n) is 6.55. The molecule has 5 heteroatoms. The predicted molar refractivity (Wildman–Crippen MR) is 68.3 cm³/mol. The van der Waals surface area contributed by atoms with Crippen molar-refractivity contribution < 1.29 is 4.79 Å². The van der Waals surface area contributed by atoms with Gasteiger partial charge in [-0.15, -0.1) is 0 Å². The van der Waals surface area contributed by atoms with Gasteiger partial charge in [-0.3, -0.25) is 9.89 Å². The highest BCUT2D eigenvalue weighted by molar-refractivity contribution is 5.93. The molecule has 0 aromatic carbocycles. The quantitative estimate of drug-likeness (QED) is 0.772. The number of carbonyl (C=O) groups excluding carboxylic acids is 1. The minimum absolute atomic E-state index is 0.0544. The van der Waals surface area contributed by atoms with Gasteiger partial charge in [0.25, 0.3) is 5.91 Å². The van der Waals surface area contributed by atoms with E-state index in [0.29, 0.717) is 17.5 Å². The Labute approximate surface area is 107 Å². The number of carbonyl (C=O) groups is 1. The van der Waals surface area contributed by atoms with Crippen LogP contribution in [0.1, 0.15) is 30.0 Å². The molecule has 2 unspecified atom stereocenters. The van der Waals surface area contributed by atoms with E-state index in [0.717, 1.165) is 25.3 Å². The number of rotatable bonds is 1. The van der Waals surface area contributed by atoms with E-state index in [2.05, 4.69) is 29.4 Å². The van der Waals surface area contributed by atoms with E-state index in [1.807, 2.05) is 17.9 Å². The highest BCUT2D eigenvalue weighted by Crippen LogP contribution is 2.41. The number of hydrogen-bond acceptors (Lipinski definition) is 3. The van der Waals surface area contributed by atoms with E-state index in [1.165, 1.54) is 0 Å². The lowest BCUT2D eigenvalue weighted by atomic mass is 9.85. The summed E-state index contributed by atoms with van der Waals surface area (Å²) in [6.45, 7) is 9.13. The van der Waals surface area contributed by atoms with Crippen molar-refractivity contribution in [3.05, 3.63) is 17.5 Å². The Hall–Kier alpha value is -1.36. The zero-order valence-corrected chi connectivity index (χ0v) is 11.2. The summed E-state index contributed by atoms with van der Waals surface area (Å²) in [5.74, 6) is 1.20. The number of aromatic nitrogens is 2. The number of aromatic amines is 1. The maximum absolute atomic E-state index is 12.5. The number of hydrogen-bond donors (Lipinski definition) is 2. The molecule has 2 atom stereocenters. The van der Waals surface area contributed by atoms with Crippen molar-refractivity contribution in [2.75, 3.05) is 19.6 Å². The van der Waals surface area contributed by atoms with Gasteiger partial charge < -0.3 is 10.2 Å². The summed E-state index contributed by atoms with van der Waals surface area (Å²) in [5, 5.41) is 10.4. The molecule has 1 aromatic heterocycles. The molecule has 0 bridgehead atoms. The second kappa shape index (κ2) is 3.82. The molecule has 0 spiro atoms. The topological polar surface area (TPSA) is 61.0 Å². The third-order valence-corrected chi connectivity index (χ3v) is 4.53. The highest BCUT2D eigenvalue weighted by atomic mass is 16.2. The van der Waals surface area contributed by atoms with Crippen molar-refractivity contribution in [2.24, 2.45) is 11.8 Å². The van der Waals surface area contributed by atoms with Crippen LogP contribution >= 0.6 is 0 Å². The largest absolute Gasteiger partial charge is 0.331 e. The maximum Gasteiger partial charge on any atom is 0.274 e. The molecule has 5 nitrogen and oxygen atoms in total. The number of likely N-dealkylation sites (tertiary alicyclic amines) is 1. The third kappa shape index (κ3) is 1.57. The molecule has 2 fully saturated rings. The van der Waals surface area contributed by atoms with Crippen LogP contribution < -0.4 is 5.32 Å². The molecule has 0 radical (unpaired) electrons. The smallest absolute Gasteiger partial charge is 0.274 e. The second-order valence-corrected chi connectivity index (χ2v) is 6.03. The normalized spacial score (nSPS) is 29.6. The minimum atomic E-state index is -0.0852. The lowest BCUT2D eigenvalue weighted by molar-refractivity contribution is 0.0597. The third-order valence-electron chi connectivity index (χ3n) is 4.53. The number of amides is 1. The summed E-state index contributed by atoms with van der Waals surface area (Å²) in [4.78, 5) is 14.5. The summed E-state index contributed by atoms with van der Waals surface area (Å²) >= 11 is 0. The van der Waals surface area contributed by atoms with Gasteiger partial charge in [-0.2, -0.15) is 5.10 Å². The van der Waals surface area contributed by atoms with E-state index in [4.69, 9.17) is 0 Å². The average Bonchev–Trinajstić information content (AvgIpc) is 2.96. The van der Waals surface area contributed by atoms with Gasteiger partial charge in [0.05, 0.1) is 0 Å². The fourth-order valence-corrected chi connectivity index (χ4v) is 3.43. The Bertz CT molecular complexity index is 479. The van der Waals surface area contributed by atoms with Crippen molar-refractivity contribution in [1.82, 2.24) is 20.4 Å². The van der Waals surface area contributed by atoms with E-state index in [1.54, 1.807) is 0 Å². The molecule has 3 heterocycles. The molecule has 18 heavy (non-hydrogen) atoms. The number of fused-ring (bicyclic) bond motifs is 1. The Morgan fingerprint density at radius 1 is 1.50 bits per heavy atom. The summed E-state index contributed by atoms with van der Waals surface area (Å²) in [6.07, 6.45) is 0. The van der Waals surface area contributed by atoms with Crippen LogP contribution in [0, 0.1) is 18.8 Å². The highest BCUT2D eigenvalue weighted by Gasteiger charge is 2.51. The van der Waals surface area contributed by atoms with E-state index >= 15 is 0 Å². The molecule has 3 rings (SSSR count). The summed E-state index contributed by atoms with van der Waals surface area (Å²) in [6, 6.07) is 1.82. The molecular formula is C13H20N4O. The Kier molecular flexibility index (Phi) is 2.48. The number of nitrogens with zero attached hydrogens (tertiary/aromatic N) is 2. The van der Waals surface area contributed by atoms with Crippen molar-refractivity contribution in [3.8, 4) is 0 Å². The monoisotopic (exact) mass is 248 g/mol. The molecule has 0 aliphatic carbocycles. The second-order valence-electron chi connectivity index (χ2n) is 6.03. The molecule has 2 saturated heterocycles. The first-order chi connectivity index (χ1) is 8.50. The zero-order chi connectivity index (χ0) is 12.9. The van der Waals surface area contributed by atoms with E-state index in [9.17, 15) is 4.79 Å². The maximum atomic E-state index is 12.5. The number of H-pyrrole nitrogens is 1. The van der Waals surface area contributed by atoms with Crippen LogP contribution in [0.4, 0.5) is 0 Å². The predicted octanol–water partition coefficient (Wildman–Crippen LogP) is 0.788. The Morgan fingerprint density at radius 3 is 2.89 bits per heavy atom. The van der Waals surface area contributed by atoms with Gasteiger partial charge in [0.15, 0.2) is 0 Å². The van der Waals surface area contributed by atoms with Crippen LogP contribution in [0.15, 0.2) is 6.07 Å². The van der Waals surface area contributed by atoms with Crippen LogP contribution in [0.5, 0.6) is 0 Å². The number of aryl methyl sites for hydroxylation is 1. The van der Waals surface area contributed by atoms with Crippen molar-refractivity contribution in [1.29, 1.82) is 0 Å². The molecule has 1 amide bonds. The van der Waals surface area contributed by atoms with Gasteiger partial charge in [-0.25, -0.2) is 0 Å². The van der Waals surface area contributed by atoms with Crippen LogP contribution in [0.2, 0.25) is 0 Å². The number of nitrogens with one attached hydrogen (secondary N) is 2. The summed E-state index contributed by atoms with van der Waals surface area (Å²) in [7, 11) is 0. The standard InChI is InChI=1S/C13H20N4O/c1-8-4-11(16-15-8)12(18)17-7-9-5-14-6-10(9)13(17,2)3/h4,9-10,14H,5-7H2,1-3H3,(H,15,16). The van der Waals surface area contributed by atoms with Gasteiger partial charge in [0.2, 0.25) is 0 Å². The molecule has 2 aliphatic heterocycles. The fourth-order valence-electron chi connectivity index (χ4n) is 3.43. The van der Waals surface area contributed by atoms with Gasteiger partial charge in [-0.1, -0.05) is 0 Å². The summed E-state index contributed by atoms with van der Waals surface area (Å²) < 4.78 is 0. The van der Waals surface area contributed by atoms with Crippen LogP contribution in [0.25, 0.3) is 0 Å². The Morgan fingerprint density at radius 2 is 2.28 bits per heavy atom. The lowest BCUT2D eigenvalue weighted by Gasteiger charge is -2.35. The van der Waals surface area contributed by atoms with Gasteiger partial charge in [0.1, 0.15) is 5.69 Å². The van der Waals surface area contributed by atoms with Crippen LogP contribution in [-0.4, -0.2) is 46.2 Å². The Balaban J connectivity index is 1.87. The van der Waals surface area contributed by atoms with Crippen LogP contribution in [0.3, 0.4) is 0 Å². The van der Waals surface area contributed by atoms with Crippen molar-refractivity contribution in [3.63, 3.8) is 0 Å². The van der Waals surface area contributed by atoms with Crippen LogP contribution in [-0.2, 0) is 0 Å². The lowest BCUT2D eigenvalue weighted by Crippen LogP contribution is -2.47. The zero-order valence-electron chi connectivity index (χ0n) is 11.2. The average molecular weight is 248 g/mol. The fraction of sp³-hybridized carbons (Fsp3) is 0.692. The molecular weight excluding hydrogens is 228 g/mol. The minimum Gasteiger partial charge on any atom is -0.331 e. The molecule has 1 aromatic rings. The summed E-state index contributed by atoms with van der Waals surface area (Å²) in [5.41, 5.74) is 1.38. The van der Waals surface area contributed by atoms with Crippen molar-refractivity contribution >= 4 is 5.91 Å². The van der Waals surface area contributed by atoms with Gasteiger partial charge in [-0.05, 0) is 38.7 Å². The molecule has 2 N–H and O–H groups in total. The first-order valence-corrected chi connectivity index (χ1v) is 6.55. The molecule has 2 aliphatic rings. The van der Waals surface area contributed by atoms with Gasteiger partial charge >= 0.3 is 0 Å². The SMILES string of the molecule is Cc1cc(C(=O)N2CC3CNCC3C2(C)C)n[nH]1. The molecule has 98 valence electrons. The van der Waals surface area contributed by atoms with Gasteiger partial charge in [0, 0.05) is 30.9 Å². The van der Waals surface area contributed by atoms with Crippen molar-refractivity contribution in [2.45, 2.75) is 26.3 Å². The van der Waals surface area contributed by atoms with E-state index in [-0.39, 0.29) is 11.4 Å². The first kappa shape index (κ1) is 11.7. The van der Waals surface area contributed by atoms with E-state index < -0.39 is 0 Å².